The average molecular weight is 354 g/mol. The van der Waals surface area contributed by atoms with E-state index in [0.717, 1.165) is 21.8 Å². The Bertz CT molecular complexity index is 1180. The minimum absolute atomic E-state index is 0.765. The summed E-state index contributed by atoms with van der Waals surface area (Å²) < 4.78 is 2.31. The molecule has 26 heavy (non-hydrogen) atoms. The van der Waals surface area contributed by atoms with Crippen LogP contribution in [0.25, 0.3) is 38.6 Å². The van der Waals surface area contributed by atoms with Gasteiger partial charge in [-0.15, -0.1) is 0 Å². The lowest BCUT2D eigenvalue weighted by Gasteiger charge is -2.11. The van der Waals surface area contributed by atoms with Gasteiger partial charge in [0, 0.05) is 27.0 Å². The van der Waals surface area contributed by atoms with Gasteiger partial charge in [0.15, 0.2) is 0 Å². The first-order valence-corrected chi connectivity index (χ1v) is 9.04. The topological polar surface area (TPSA) is 4.93 Å². The van der Waals surface area contributed by atoms with E-state index < -0.39 is 0 Å². The van der Waals surface area contributed by atoms with Crippen LogP contribution in [0.4, 0.5) is 0 Å². The van der Waals surface area contributed by atoms with E-state index in [2.05, 4.69) is 77.4 Å². The molecule has 5 rings (SSSR count). The zero-order valence-electron chi connectivity index (χ0n) is 14.1. The Morgan fingerprint density at radius 2 is 1.15 bits per heavy atom. The van der Waals surface area contributed by atoms with Crippen LogP contribution in [0.15, 0.2) is 97.1 Å². The van der Waals surface area contributed by atoms with Crippen molar-refractivity contribution < 1.29 is 0 Å². The summed E-state index contributed by atoms with van der Waals surface area (Å²) in [6.07, 6.45) is 0. The monoisotopic (exact) mass is 353 g/mol. The van der Waals surface area contributed by atoms with E-state index in [-0.39, 0.29) is 0 Å². The Kier molecular flexibility index (Phi) is 3.55. The number of hydrogen-bond donors (Lipinski definition) is 0. The molecule has 1 aromatic heterocycles. The minimum atomic E-state index is 0.765. The van der Waals surface area contributed by atoms with Gasteiger partial charge in [-0.05, 0) is 35.9 Å². The number of fused-ring (bicyclic) bond motifs is 3. The molecule has 1 heterocycles. The molecule has 1 nitrogen and oxygen atoms in total. The SMILES string of the molecule is Clc1ccc(-n2c3ccccc3c3ccccc32)cc1-c1ccccc1. The lowest BCUT2D eigenvalue weighted by Crippen LogP contribution is -1.94. The molecular formula is C24H16ClN. The molecule has 0 saturated heterocycles. The standard InChI is InChI=1S/C24H16ClN/c25-22-15-14-18(16-21(22)17-8-2-1-3-9-17)26-23-12-6-4-10-19(23)20-11-5-7-13-24(20)26/h1-16H. The van der Waals surface area contributed by atoms with Crippen LogP contribution in [0.5, 0.6) is 0 Å². The van der Waals surface area contributed by atoms with Gasteiger partial charge in [-0.1, -0.05) is 78.3 Å². The Labute approximate surface area is 157 Å². The van der Waals surface area contributed by atoms with Gasteiger partial charge in [-0.2, -0.15) is 0 Å². The zero-order chi connectivity index (χ0) is 17.5. The maximum Gasteiger partial charge on any atom is 0.0541 e. The van der Waals surface area contributed by atoms with Crippen molar-refractivity contribution in [2.75, 3.05) is 0 Å². The fourth-order valence-electron chi connectivity index (χ4n) is 3.69. The predicted molar refractivity (Wildman–Crippen MR) is 111 cm³/mol. The average Bonchev–Trinajstić information content (AvgIpc) is 3.04. The van der Waals surface area contributed by atoms with E-state index in [1.165, 1.54) is 21.8 Å². The number of benzene rings is 4. The molecule has 124 valence electrons. The zero-order valence-corrected chi connectivity index (χ0v) is 14.8. The van der Waals surface area contributed by atoms with Gasteiger partial charge in [-0.3, -0.25) is 0 Å². The van der Waals surface area contributed by atoms with Crippen LogP contribution in [0.2, 0.25) is 5.02 Å². The van der Waals surface area contributed by atoms with Gasteiger partial charge in [0.05, 0.1) is 11.0 Å². The second kappa shape index (κ2) is 6.05. The van der Waals surface area contributed by atoms with Gasteiger partial charge in [0.2, 0.25) is 0 Å². The minimum Gasteiger partial charge on any atom is -0.309 e. The number of halogens is 1. The predicted octanol–water partition coefficient (Wildman–Crippen LogP) is 7.10. The van der Waals surface area contributed by atoms with Crippen molar-refractivity contribution in [1.29, 1.82) is 0 Å². The Morgan fingerprint density at radius 1 is 0.577 bits per heavy atom. The molecule has 5 aromatic rings. The summed E-state index contributed by atoms with van der Waals surface area (Å²) in [5, 5.41) is 3.29. The fourth-order valence-corrected chi connectivity index (χ4v) is 3.92. The second-order valence-electron chi connectivity index (χ2n) is 6.40. The van der Waals surface area contributed by atoms with Crippen LogP contribution < -0.4 is 0 Å². The van der Waals surface area contributed by atoms with Crippen LogP contribution in [0, 0.1) is 0 Å². The molecule has 0 spiro atoms. The largest absolute Gasteiger partial charge is 0.309 e. The van der Waals surface area contributed by atoms with Gasteiger partial charge in [0.25, 0.3) is 0 Å². The van der Waals surface area contributed by atoms with Crippen LogP contribution in [-0.2, 0) is 0 Å². The molecule has 0 N–H and O–H groups in total. The van der Waals surface area contributed by atoms with Crippen LogP contribution in [0.1, 0.15) is 0 Å². The van der Waals surface area contributed by atoms with Gasteiger partial charge in [0.1, 0.15) is 0 Å². The molecule has 0 bridgehead atoms. The summed E-state index contributed by atoms with van der Waals surface area (Å²) in [6, 6.07) is 33.6. The Hall–Kier alpha value is -3.03. The van der Waals surface area contributed by atoms with E-state index in [0.29, 0.717) is 0 Å². The molecule has 0 amide bonds. The van der Waals surface area contributed by atoms with E-state index >= 15 is 0 Å². The third-order valence-electron chi connectivity index (χ3n) is 4.87. The fraction of sp³-hybridized carbons (Fsp3) is 0. The number of hydrogen-bond acceptors (Lipinski definition) is 0. The highest BCUT2D eigenvalue weighted by molar-refractivity contribution is 6.33. The first-order valence-electron chi connectivity index (χ1n) is 8.66. The quantitative estimate of drug-likeness (QED) is 0.319. The molecule has 0 saturated carbocycles. The molecule has 0 aliphatic rings. The summed E-state index contributed by atoms with van der Waals surface area (Å²) in [5.41, 5.74) is 5.70. The number of nitrogens with zero attached hydrogens (tertiary/aromatic N) is 1. The molecular weight excluding hydrogens is 338 g/mol. The molecule has 0 atom stereocenters. The molecule has 0 fully saturated rings. The summed E-state index contributed by atoms with van der Waals surface area (Å²) >= 11 is 6.52. The second-order valence-corrected chi connectivity index (χ2v) is 6.81. The van der Waals surface area contributed by atoms with Crippen molar-refractivity contribution >= 4 is 33.4 Å². The van der Waals surface area contributed by atoms with Crippen molar-refractivity contribution in [3.05, 3.63) is 102 Å². The van der Waals surface area contributed by atoms with Gasteiger partial charge in [-0.25, -0.2) is 0 Å². The summed E-state index contributed by atoms with van der Waals surface area (Å²) in [6.45, 7) is 0. The van der Waals surface area contributed by atoms with Crippen molar-refractivity contribution in [3.63, 3.8) is 0 Å². The van der Waals surface area contributed by atoms with Crippen molar-refractivity contribution in [2.24, 2.45) is 0 Å². The third-order valence-corrected chi connectivity index (χ3v) is 5.20. The molecule has 4 aromatic carbocycles. The van der Waals surface area contributed by atoms with Crippen LogP contribution >= 0.6 is 11.6 Å². The highest BCUT2D eigenvalue weighted by atomic mass is 35.5. The third kappa shape index (κ3) is 2.33. The Balaban J connectivity index is 1.84. The summed E-state index contributed by atoms with van der Waals surface area (Å²) in [5.74, 6) is 0. The smallest absolute Gasteiger partial charge is 0.0541 e. The van der Waals surface area contributed by atoms with Gasteiger partial charge >= 0.3 is 0 Å². The number of aromatic nitrogens is 1. The normalized spacial score (nSPS) is 11.3. The molecule has 0 aliphatic heterocycles. The van der Waals surface area contributed by atoms with E-state index in [9.17, 15) is 0 Å². The van der Waals surface area contributed by atoms with Crippen LogP contribution in [0.3, 0.4) is 0 Å². The lowest BCUT2D eigenvalue weighted by molar-refractivity contribution is 1.18. The van der Waals surface area contributed by atoms with E-state index in [4.69, 9.17) is 11.6 Å². The maximum atomic E-state index is 6.52. The summed E-state index contributed by atoms with van der Waals surface area (Å²) in [4.78, 5) is 0. The van der Waals surface area contributed by atoms with E-state index in [1.54, 1.807) is 0 Å². The highest BCUT2D eigenvalue weighted by Gasteiger charge is 2.13. The molecule has 0 radical (unpaired) electrons. The van der Waals surface area contributed by atoms with Crippen molar-refractivity contribution in [3.8, 4) is 16.8 Å². The molecule has 0 unspecified atom stereocenters. The molecule has 2 heteroatoms. The van der Waals surface area contributed by atoms with Gasteiger partial charge < -0.3 is 4.57 Å². The highest BCUT2D eigenvalue weighted by Crippen LogP contribution is 2.35. The van der Waals surface area contributed by atoms with Crippen LogP contribution in [-0.4, -0.2) is 4.57 Å². The first-order chi connectivity index (χ1) is 12.8. The maximum absolute atomic E-state index is 6.52. The number of para-hydroxylation sites is 2. The summed E-state index contributed by atoms with van der Waals surface area (Å²) in [7, 11) is 0. The van der Waals surface area contributed by atoms with Crippen molar-refractivity contribution in [2.45, 2.75) is 0 Å². The Morgan fingerprint density at radius 3 is 1.81 bits per heavy atom. The lowest BCUT2D eigenvalue weighted by atomic mass is 10.0. The number of rotatable bonds is 2. The van der Waals surface area contributed by atoms with E-state index in [1.807, 2.05) is 24.3 Å². The first kappa shape index (κ1) is 15.2. The van der Waals surface area contributed by atoms with Crippen molar-refractivity contribution in [1.82, 2.24) is 4.57 Å². The molecule has 0 aliphatic carbocycles.